The number of benzene rings is 1. The molecule has 9 heteroatoms. The van der Waals surface area contributed by atoms with Crippen molar-refractivity contribution >= 4 is 20.6 Å². The van der Waals surface area contributed by atoms with E-state index in [-0.39, 0.29) is 36.7 Å². The van der Waals surface area contributed by atoms with E-state index < -0.39 is 15.7 Å². The Morgan fingerprint density at radius 3 is 2.70 bits per heavy atom. The van der Waals surface area contributed by atoms with Crippen molar-refractivity contribution in [2.45, 2.75) is 30.6 Å². The van der Waals surface area contributed by atoms with E-state index in [1.807, 2.05) is 0 Å². The van der Waals surface area contributed by atoms with Crippen molar-refractivity contribution in [3.8, 4) is 16.9 Å². The smallest absolute Gasteiger partial charge is 0.274 e. The number of rotatable bonds is 6. The molecule has 0 spiro atoms. The number of alkyl halides is 2. The summed E-state index contributed by atoms with van der Waals surface area (Å²) in [5.41, 5.74) is 1.49. The van der Waals surface area contributed by atoms with Crippen LogP contribution in [-0.4, -0.2) is 32.0 Å². The number of nitrogens with one attached hydrogen (secondary N) is 2. The number of aromatic amines is 1. The SMILES string of the molecule is CCS(=N)(=O)c1ccc(OCC2CC(F)(F)C2)c(-c2cn(C)c(=O)c3[nH]ccc23)c1. The van der Waals surface area contributed by atoms with Gasteiger partial charge in [-0.05, 0) is 24.3 Å². The van der Waals surface area contributed by atoms with Crippen LogP contribution >= 0.6 is 0 Å². The van der Waals surface area contributed by atoms with E-state index in [4.69, 9.17) is 9.52 Å². The predicted molar refractivity (Wildman–Crippen MR) is 112 cm³/mol. The molecule has 6 nitrogen and oxygen atoms in total. The average Bonchev–Trinajstić information content (AvgIpc) is 3.17. The molecule has 30 heavy (non-hydrogen) atoms. The van der Waals surface area contributed by atoms with E-state index in [1.165, 1.54) is 4.57 Å². The number of hydrogen-bond donors (Lipinski definition) is 2. The zero-order chi connectivity index (χ0) is 21.7. The molecule has 0 saturated heterocycles. The van der Waals surface area contributed by atoms with Crippen LogP contribution in [0, 0.1) is 10.7 Å². The number of pyridine rings is 1. The van der Waals surface area contributed by atoms with Gasteiger partial charge in [0.2, 0.25) is 5.92 Å². The summed E-state index contributed by atoms with van der Waals surface area (Å²) < 4.78 is 54.5. The van der Waals surface area contributed by atoms with Crippen molar-refractivity contribution in [1.82, 2.24) is 9.55 Å². The average molecular weight is 435 g/mol. The molecule has 0 aliphatic heterocycles. The Kier molecular flexibility index (Phi) is 4.96. The zero-order valence-corrected chi connectivity index (χ0v) is 17.5. The normalized spacial score (nSPS) is 18.1. The van der Waals surface area contributed by atoms with Crippen molar-refractivity contribution in [2.24, 2.45) is 13.0 Å². The molecule has 2 heterocycles. The molecule has 1 aliphatic carbocycles. The van der Waals surface area contributed by atoms with Gasteiger partial charge in [-0.2, -0.15) is 0 Å². The maximum atomic E-state index is 13.2. The summed E-state index contributed by atoms with van der Waals surface area (Å²) in [5.74, 6) is -2.23. The van der Waals surface area contributed by atoms with Gasteiger partial charge in [-0.1, -0.05) is 6.92 Å². The van der Waals surface area contributed by atoms with Crippen LogP contribution in [0.4, 0.5) is 8.78 Å². The molecule has 1 fully saturated rings. The van der Waals surface area contributed by atoms with Gasteiger partial charge in [-0.25, -0.2) is 17.8 Å². The Labute approximate surface area is 172 Å². The van der Waals surface area contributed by atoms with E-state index >= 15 is 0 Å². The summed E-state index contributed by atoms with van der Waals surface area (Å²) in [7, 11) is -1.34. The van der Waals surface area contributed by atoms with Gasteiger partial charge in [0.15, 0.2) is 0 Å². The lowest BCUT2D eigenvalue weighted by Gasteiger charge is -2.34. The lowest BCUT2D eigenvalue weighted by molar-refractivity contribution is -0.119. The number of nitrogens with zero attached hydrogens (tertiary/aromatic N) is 1. The predicted octanol–water partition coefficient (Wildman–Crippen LogP) is 4.38. The fourth-order valence-corrected chi connectivity index (χ4v) is 4.74. The topological polar surface area (TPSA) is 87.9 Å². The standard InChI is InChI=1S/C21H23F2N3O3S/c1-3-30(24,28)14-4-5-18(29-12-13-9-21(22,23)10-13)16(8-14)17-11-26(2)20(27)19-15(17)6-7-25-19/h4-8,11,13,24-25H,3,9-10,12H2,1-2H3. The lowest BCUT2D eigenvalue weighted by atomic mass is 9.82. The first-order valence-corrected chi connectivity index (χ1v) is 11.4. The van der Waals surface area contributed by atoms with Crippen LogP contribution in [-0.2, 0) is 16.8 Å². The Balaban J connectivity index is 1.82. The fourth-order valence-electron chi connectivity index (χ4n) is 3.81. The summed E-state index contributed by atoms with van der Waals surface area (Å²) in [5, 5.41) is 0.670. The molecule has 2 aromatic heterocycles. The molecular weight excluding hydrogens is 412 g/mol. The highest BCUT2D eigenvalue weighted by Crippen LogP contribution is 2.43. The van der Waals surface area contributed by atoms with Crippen LogP contribution in [0.15, 0.2) is 46.3 Å². The molecule has 4 rings (SSSR count). The number of fused-ring (bicyclic) bond motifs is 1. The van der Waals surface area contributed by atoms with E-state index in [1.54, 1.807) is 50.6 Å². The minimum absolute atomic E-state index is 0.147. The molecule has 1 unspecified atom stereocenters. The Morgan fingerprint density at radius 1 is 1.30 bits per heavy atom. The van der Waals surface area contributed by atoms with Crippen LogP contribution in [0.5, 0.6) is 5.75 Å². The number of ether oxygens (including phenoxy) is 1. The number of halogens is 2. The largest absolute Gasteiger partial charge is 0.493 e. The first-order chi connectivity index (χ1) is 14.1. The second-order valence-electron chi connectivity index (χ2n) is 7.79. The third kappa shape index (κ3) is 3.62. The molecule has 2 N–H and O–H groups in total. The van der Waals surface area contributed by atoms with Crippen LogP contribution < -0.4 is 10.3 Å². The molecular formula is C21H23F2N3O3S. The van der Waals surface area contributed by atoms with Crippen molar-refractivity contribution in [3.05, 3.63) is 47.0 Å². The first kappa shape index (κ1) is 20.6. The van der Waals surface area contributed by atoms with Gasteiger partial charge in [0.05, 0.1) is 16.3 Å². The number of H-pyrrole nitrogens is 1. The van der Waals surface area contributed by atoms with Crippen LogP contribution in [0.3, 0.4) is 0 Å². The monoisotopic (exact) mass is 435 g/mol. The quantitative estimate of drug-likeness (QED) is 0.602. The molecule has 0 radical (unpaired) electrons. The van der Waals surface area contributed by atoms with E-state index in [0.717, 1.165) is 0 Å². The van der Waals surface area contributed by atoms with Gasteiger partial charge in [-0.3, -0.25) is 4.79 Å². The van der Waals surface area contributed by atoms with Gasteiger partial charge in [-0.15, -0.1) is 0 Å². The van der Waals surface area contributed by atoms with Crippen molar-refractivity contribution in [1.29, 1.82) is 4.78 Å². The third-order valence-corrected chi connectivity index (χ3v) is 7.40. The van der Waals surface area contributed by atoms with Crippen molar-refractivity contribution in [3.63, 3.8) is 0 Å². The molecule has 0 bridgehead atoms. The molecule has 1 atom stereocenters. The molecule has 160 valence electrons. The van der Waals surface area contributed by atoms with Crippen LogP contribution in [0.2, 0.25) is 0 Å². The molecule has 1 aliphatic rings. The maximum Gasteiger partial charge on any atom is 0.274 e. The second kappa shape index (κ2) is 7.23. The molecule has 1 aromatic carbocycles. The van der Waals surface area contributed by atoms with Crippen molar-refractivity contribution < 1.29 is 17.7 Å². The number of aromatic nitrogens is 2. The highest BCUT2D eigenvalue weighted by Gasteiger charge is 2.45. The second-order valence-corrected chi connectivity index (χ2v) is 10.2. The Morgan fingerprint density at radius 2 is 2.03 bits per heavy atom. The maximum absolute atomic E-state index is 13.2. The Hall–Kier alpha value is -2.68. The Bertz CT molecular complexity index is 1270. The third-order valence-electron chi connectivity index (χ3n) is 5.57. The first-order valence-electron chi connectivity index (χ1n) is 9.69. The highest BCUT2D eigenvalue weighted by atomic mass is 32.2. The molecule has 0 amide bonds. The van der Waals surface area contributed by atoms with Crippen LogP contribution in [0.1, 0.15) is 19.8 Å². The zero-order valence-electron chi connectivity index (χ0n) is 16.7. The van der Waals surface area contributed by atoms with Gasteiger partial charge in [0.1, 0.15) is 11.3 Å². The summed E-state index contributed by atoms with van der Waals surface area (Å²) >= 11 is 0. The van der Waals surface area contributed by atoms with E-state index in [0.29, 0.717) is 32.7 Å². The highest BCUT2D eigenvalue weighted by molar-refractivity contribution is 7.92. The summed E-state index contributed by atoms with van der Waals surface area (Å²) in [6.07, 6.45) is 2.94. The van der Waals surface area contributed by atoms with Gasteiger partial charge in [0, 0.05) is 65.4 Å². The lowest BCUT2D eigenvalue weighted by Crippen LogP contribution is -2.38. The minimum Gasteiger partial charge on any atom is -0.493 e. The number of aryl methyl sites for hydroxylation is 1. The molecule has 3 aromatic rings. The van der Waals surface area contributed by atoms with Crippen molar-refractivity contribution in [2.75, 3.05) is 12.4 Å². The van der Waals surface area contributed by atoms with E-state index in [9.17, 15) is 17.8 Å². The van der Waals surface area contributed by atoms with Gasteiger partial charge >= 0.3 is 0 Å². The molecule has 1 saturated carbocycles. The summed E-state index contributed by atoms with van der Waals surface area (Å²) in [6.45, 7) is 1.83. The van der Waals surface area contributed by atoms with Gasteiger partial charge in [0.25, 0.3) is 5.56 Å². The summed E-state index contributed by atoms with van der Waals surface area (Å²) in [6, 6.07) is 6.64. The summed E-state index contributed by atoms with van der Waals surface area (Å²) in [4.78, 5) is 15.7. The number of hydrogen-bond acceptors (Lipinski definition) is 4. The van der Waals surface area contributed by atoms with E-state index in [2.05, 4.69) is 4.98 Å². The fraction of sp³-hybridized carbons (Fsp3) is 0.381. The minimum atomic E-state index is -2.97. The van der Waals surface area contributed by atoms with Gasteiger partial charge < -0.3 is 14.3 Å². The van der Waals surface area contributed by atoms with Crippen LogP contribution in [0.25, 0.3) is 22.0 Å².